The molecule has 0 aliphatic heterocycles. The summed E-state index contributed by atoms with van der Waals surface area (Å²) in [7, 11) is 0. The molecule has 0 saturated heterocycles. The highest BCUT2D eigenvalue weighted by molar-refractivity contribution is 5.15. The second kappa shape index (κ2) is 12.9. The van der Waals surface area contributed by atoms with Gasteiger partial charge in [0.05, 0.1) is 0 Å². The predicted molar refractivity (Wildman–Crippen MR) is 59.4 cm³/mol. The van der Waals surface area contributed by atoms with E-state index in [9.17, 15) is 0 Å². The lowest BCUT2D eigenvalue weighted by Gasteiger charge is -1.85. The predicted octanol–water partition coefficient (Wildman–Crippen LogP) is 4.50. The van der Waals surface area contributed by atoms with Crippen LogP contribution in [0.2, 0.25) is 0 Å². The van der Waals surface area contributed by atoms with Crippen molar-refractivity contribution in [1.82, 2.24) is 0 Å². The van der Waals surface area contributed by atoms with Crippen LogP contribution in [0.15, 0.2) is 36.0 Å². The summed E-state index contributed by atoms with van der Waals surface area (Å²) in [6.45, 7) is 10.2. The lowest BCUT2D eigenvalue weighted by atomic mass is 10.2. The van der Waals surface area contributed by atoms with Crippen LogP contribution in [-0.4, -0.2) is 0 Å². The molecule has 0 spiro atoms. The van der Waals surface area contributed by atoms with Gasteiger partial charge in [-0.3, -0.25) is 0 Å². The molecule has 0 aromatic carbocycles. The maximum absolute atomic E-state index is 2.16. The first-order valence-corrected chi connectivity index (χ1v) is 4.72. The van der Waals surface area contributed by atoms with Gasteiger partial charge in [0.1, 0.15) is 0 Å². The van der Waals surface area contributed by atoms with Crippen LogP contribution in [0.1, 0.15) is 41.0 Å². The van der Waals surface area contributed by atoms with E-state index in [-0.39, 0.29) is 0 Å². The molecule has 0 nitrogen and oxygen atoms in total. The SMILES string of the molecule is C/C=C\C/C=C\C(C)=C/C.CC. The summed E-state index contributed by atoms with van der Waals surface area (Å²) in [6.07, 6.45) is 11.7. The molecule has 0 heteroatoms. The van der Waals surface area contributed by atoms with Crippen molar-refractivity contribution >= 4 is 0 Å². The van der Waals surface area contributed by atoms with E-state index in [4.69, 9.17) is 0 Å². The van der Waals surface area contributed by atoms with E-state index < -0.39 is 0 Å². The fourth-order valence-corrected chi connectivity index (χ4v) is 0.565. The monoisotopic (exact) mass is 166 g/mol. The molecule has 0 fully saturated rings. The smallest absolute Gasteiger partial charge is 0.0166 e. The molecule has 0 aromatic rings. The quantitative estimate of drug-likeness (QED) is 0.427. The summed E-state index contributed by atoms with van der Waals surface area (Å²) in [5, 5.41) is 0. The third kappa shape index (κ3) is 12.0. The normalized spacial score (nSPS) is 11.9. The molecule has 0 bridgehead atoms. The second-order valence-electron chi connectivity index (χ2n) is 2.24. The number of rotatable bonds is 3. The number of hydrogen-bond acceptors (Lipinski definition) is 0. The van der Waals surface area contributed by atoms with Crippen molar-refractivity contribution in [3.05, 3.63) is 36.0 Å². The van der Waals surface area contributed by atoms with Crippen LogP contribution in [0.4, 0.5) is 0 Å². The molecule has 0 aliphatic carbocycles. The van der Waals surface area contributed by atoms with Gasteiger partial charge in [-0.1, -0.05) is 49.8 Å². The molecule has 0 heterocycles. The van der Waals surface area contributed by atoms with Crippen LogP contribution in [-0.2, 0) is 0 Å². The number of allylic oxidation sites excluding steroid dienone is 6. The summed E-state index contributed by atoms with van der Waals surface area (Å²) >= 11 is 0. The average molecular weight is 166 g/mol. The van der Waals surface area contributed by atoms with Crippen molar-refractivity contribution in [2.24, 2.45) is 0 Å². The van der Waals surface area contributed by atoms with Gasteiger partial charge >= 0.3 is 0 Å². The number of hydrogen-bond donors (Lipinski definition) is 0. The van der Waals surface area contributed by atoms with Gasteiger partial charge in [0.15, 0.2) is 0 Å². The van der Waals surface area contributed by atoms with Gasteiger partial charge in [0.25, 0.3) is 0 Å². The molecule has 0 aromatic heterocycles. The summed E-state index contributed by atoms with van der Waals surface area (Å²) in [5.41, 5.74) is 1.32. The Hall–Kier alpha value is -0.780. The van der Waals surface area contributed by atoms with Gasteiger partial charge in [-0.05, 0) is 27.2 Å². The lowest BCUT2D eigenvalue weighted by molar-refractivity contribution is 1.35. The third-order valence-corrected chi connectivity index (χ3v) is 1.34. The molecule has 0 saturated carbocycles. The summed E-state index contributed by atoms with van der Waals surface area (Å²) in [5.74, 6) is 0. The molecule has 12 heavy (non-hydrogen) atoms. The average Bonchev–Trinajstić information content (AvgIpc) is 2.15. The lowest BCUT2D eigenvalue weighted by Crippen LogP contribution is -1.64. The molecule has 70 valence electrons. The van der Waals surface area contributed by atoms with E-state index in [2.05, 4.69) is 44.2 Å². The van der Waals surface area contributed by atoms with Gasteiger partial charge in [0.2, 0.25) is 0 Å². The first kappa shape index (κ1) is 13.8. The molecule has 0 N–H and O–H groups in total. The van der Waals surface area contributed by atoms with Crippen molar-refractivity contribution in [3.8, 4) is 0 Å². The van der Waals surface area contributed by atoms with Crippen LogP contribution >= 0.6 is 0 Å². The molecule has 0 radical (unpaired) electrons. The minimum Gasteiger partial charge on any atom is -0.0914 e. The van der Waals surface area contributed by atoms with Crippen molar-refractivity contribution in [3.63, 3.8) is 0 Å². The Balaban J connectivity index is 0. The molecule has 0 rings (SSSR count). The topological polar surface area (TPSA) is 0 Å². The van der Waals surface area contributed by atoms with Crippen LogP contribution in [0, 0.1) is 0 Å². The Morgan fingerprint density at radius 2 is 1.67 bits per heavy atom. The largest absolute Gasteiger partial charge is 0.0914 e. The zero-order valence-electron chi connectivity index (χ0n) is 9.09. The van der Waals surface area contributed by atoms with Crippen molar-refractivity contribution in [2.75, 3.05) is 0 Å². The van der Waals surface area contributed by atoms with Gasteiger partial charge < -0.3 is 0 Å². The molecular formula is C12H22. The Bertz CT molecular complexity index is 147. The van der Waals surface area contributed by atoms with Crippen LogP contribution in [0.3, 0.4) is 0 Å². The van der Waals surface area contributed by atoms with Gasteiger partial charge in [0, 0.05) is 0 Å². The first-order chi connectivity index (χ1) is 5.81. The molecule has 0 amide bonds. The Morgan fingerprint density at radius 3 is 2.08 bits per heavy atom. The van der Waals surface area contributed by atoms with E-state index in [1.54, 1.807) is 0 Å². The summed E-state index contributed by atoms with van der Waals surface area (Å²) in [6, 6.07) is 0. The van der Waals surface area contributed by atoms with Gasteiger partial charge in [-0.2, -0.15) is 0 Å². The highest BCUT2D eigenvalue weighted by Gasteiger charge is 1.74. The Labute approximate surface area is 77.7 Å². The highest BCUT2D eigenvalue weighted by Crippen LogP contribution is 1.95. The maximum atomic E-state index is 2.16. The van der Waals surface area contributed by atoms with E-state index in [1.807, 2.05) is 20.8 Å². The fourth-order valence-electron chi connectivity index (χ4n) is 0.565. The van der Waals surface area contributed by atoms with Crippen LogP contribution < -0.4 is 0 Å². The Morgan fingerprint density at radius 1 is 1.08 bits per heavy atom. The zero-order valence-corrected chi connectivity index (χ0v) is 9.09. The van der Waals surface area contributed by atoms with Crippen LogP contribution in [0.5, 0.6) is 0 Å². The van der Waals surface area contributed by atoms with Crippen molar-refractivity contribution in [1.29, 1.82) is 0 Å². The van der Waals surface area contributed by atoms with Gasteiger partial charge in [-0.15, -0.1) is 0 Å². The minimum atomic E-state index is 1.04. The standard InChI is InChI=1S/C10H16.C2H6/c1-4-6-7-8-9-10(3)5-2;1-2/h4-6,8-9H,7H2,1-3H3;1-2H3/b6-4-,9-8-,10-5-;. The first-order valence-electron chi connectivity index (χ1n) is 4.72. The van der Waals surface area contributed by atoms with E-state index >= 15 is 0 Å². The van der Waals surface area contributed by atoms with Crippen LogP contribution in [0.25, 0.3) is 0 Å². The van der Waals surface area contributed by atoms with E-state index in [1.165, 1.54) is 5.57 Å². The molecule has 0 atom stereocenters. The zero-order chi connectivity index (χ0) is 9.82. The third-order valence-electron chi connectivity index (χ3n) is 1.34. The summed E-state index contributed by atoms with van der Waals surface area (Å²) < 4.78 is 0. The molecule has 0 unspecified atom stereocenters. The highest BCUT2D eigenvalue weighted by atomic mass is 13.8. The summed E-state index contributed by atoms with van der Waals surface area (Å²) in [4.78, 5) is 0. The fraction of sp³-hybridized carbons (Fsp3) is 0.500. The molecular weight excluding hydrogens is 144 g/mol. The maximum Gasteiger partial charge on any atom is -0.0166 e. The van der Waals surface area contributed by atoms with E-state index in [0.29, 0.717) is 0 Å². The van der Waals surface area contributed by atoms with E-state index in [0.717, 1.165) is 6.42 Å². The minimum absolute atomic E-state index is 1.04. The Kier molecular flexibility index (Phi) is 14.8. The second-order valence-corrected chi connectivity index (χ2v) is 2.24. The van der Waals surface area contributed by atoms with Gasteiger partial charge in [-0.25, -0.2) is 0 Å². The van der Waals surface area contributed by atoms with Crippen molar-refractivity contribution < 1.29 is 0 Å². The van der Waals surface area contributed by atoms with Crippen molar-refractivity contribution in [2.45, 2.75) is 41.0 Å². The molecule has 0 aliphatic rings.